The van der Waals surface area contributed by atoms with Gasteiger partial charge in [-0.1, -0.05) is 0 Å². The summed E-state index contributed by atoms with van der Waals surface area (Å²) in [5.41, 5.74) is -0.156. The molecule has 1 atom stereocenters. The fourth-order valence-electron chi connectivity index (χ4n) is 2.16. The second-order valence-corrected chi connectivity index (χ2v) is 7.33. The molecule has 1 unspecified atom stereocenters. The van der Waals surface area contributed by atoms with Gasteiger partial charge in [-0.3, -0.25) is 14.9 Å². The zero-order valence-electron chi connectivity index (χ0n) is 14.1. The van der Waals surface area contributed by atoms with Gasteiger partial charge < -0.3 is 28.6 Å². The van der Waals surface area contributed by atoms with E-state index in [2.05, 4.69) is 0 Å². The third-order valence-corrected chi connectivity index (χ3v) is 4.39. The van der Waals surface area contributed by atoms with Gasteiger partial charge in [0.1, 0.15) is 6.10 Å². The molecule has 1 rings (SSSR count). The highest BCUT2D eigenvalue weighted by Crippen LogP contribution is 2.38. The zero-order valence-corrected chi connectivity index (χ0v) is 15.1. The molecular weight excluding hydrogens is 354 g/mol. The predicted molar refractivity (Wildman–Crippen MR) is 87.2 cm³/mol. The van der Waals surface area contributed by atoms with Crippen LogP contribution in [0.4, 0.5) is 5.69 Å². The van der Waals surface area contributed by atoms with Crippen molar-refractivity contribution in [2.24, 2.45) is 0 Å². The van der Waals surface area contributed by atoms with Crippen molar-refractivity contribution in [1.29, 1.82) is 0 Å². The molecule has 0 amide bonds. The van der Waals surface area contributed by atoms with Gasteiger partial charge in [-0.15, -0.1) is 0 Å². The Kier molecular flexibility index (Phi) is 7.30. The van der Waals surface area contributed by atoms with Crippen molar-refractivity contribution in [2.45, 2.75) is 31.9 Å². The summed E-state index contributed by atoms with van der Waals surface area (Å²) in [6, 6.07) is 2.25. The number of hydrogen-bond acceptors (Lipinski definition) is 9. The average molecular weight is 375 g/mol. The molecule has 140 valence electrons. The number of nitro benzene ring substituents is 1. The molecule has 1 aromatic carbocycles. The number of methoxy groups -OCH3 is 2. The lowest BCUT2D eigenvalue weighted by atomic mass is 10.1. The third-order valence-electron chi connectivity index (χ3n) is 3.37. The molecule has 0 radical (unpaired) electrons. The molecule has 0 saturated carbocycles. The lowest BCUT2D eigenvalue weighted by Gasteiger charge is -2.16. The van der Waals surface area contributed by atoms with Crippen LogP contribution in [-0.2, 0) is 9.53 Å². The van der Waals surface area contributed by atoms with Gasteiger partial charge in [0.15, 0.2) is 11.5 Å². The minimum Gasteiger partial charge on any atom is -0.493 e. The van der Waals surface area contributed by atoms with Crippen LogP contribution in [0.2, 0.25) is 6.04 Å². The number of hydrogen-bond donors (Lipinski definition) is 3. The van der Waals surface area contributed by atoms with Crippen LogP contribution >= 0.6 is 0 Å². The number of nitrogens with zero attached hydrogens (tertiary/aromatic N) is 1. The van der Waals surface area contributed by atoms with Crippen LogP contribution in [0.1, 0.15) is 31.4 Å². The smallest absolute Gasteiger partial charge is 0.492 e. The Hall–Kier alpha value is -2.21. The summed E-state index contributed by atoms with van der Waals surface area (Å²) in [6.45, 7) is 1.47. The molecule has 0 aliphatic carbocycles. The van der Waals surface area contributed by atoms with Crippen molar-refractivity contribution in [3.8, 4) is 11.5 Å². The standard InChI is InChI=1S/C14H21NO9Si/c1-9(24-14(16)5-4-6-25(19,20)21)10-7-12(22-2)13(23-3)8-11(10)15(17)18/h7-9,19-21H,4-6H2,1-3H3. The van der Waals surface area contributed by atoms with Crippen LogP contribution in [0.5, 0.6) is 11.5 Å². The first-order valence-corrected chi connectivity index (χ1v) is 9.40. The first-order chi connectivity index (χ1) is 11.6. The molecule has 10 nitrogen and oxygen atoms in total. The molecule has 0 saturated heterocycles. The van der Waals surface area contributed by atoms with Gasteiger partial charge in [-0.25, -0.2) is 0 Å². The van der Waals surface area contributed by atoms with E-state index in [1.165, 1.54) is 33.3 Å². The number of ether oxygens (including phenoxy) is 3. The highest BCUT2D eigenvalue weighted by Gasteiger charge is 2.28. The van der Waals surface area contributed by atoms with E-state index >= 15 is 0 Å². The second-order valence-electron chi connectivity index (χ2n) is 5.28. The van der Waals surface area contributed by atoms with E-state index in [1.807, 2.05) is 0 Å². The van der Waals surface area contributed by atoms with Crippen LogP contribution in [-0.4, -0.2) is 48.3 Å². The fourth-order valence-corrected chi connectivity index (χ4v) is 2.81. The third kappa shape index (κ3) is 6.30. The van der Waals surface area contributed by atoms with Crippen molar-refractivity contribution in [2.75, 3.05) is 14.2 Å². The van der Waals surface area contributed by atoms with E-state index in [4.69, 9.17) is 28.6 Å². The minimum absolute atomic E-state index is 0.0231. The Morgan fingerprint density at radius 1 is 1.24 bits per heavy atom. The maximum Gasteiger partial charge on any atom is 0.492 e. The number of esters is 1. The van der Waals surface area contributed by atoms with Gasteiger partial charge in [-0.2, -0.15) is 0 Å². The number of benzene rings is 1. The molecular formula is C14H21NO9Si. The summed E-state index contributed by atoms with van der Waals surface area (Å²) in [7, 11) is -1.48. The fraction of sp³-hybridized carbons (Fsp3) is 0.500. The van der Waals surface area contributed by atoms with Gasteiger partial charge in [0.2, 0.25) is 0 Å². The Labute approximate surface area is 145 Å². The molecule has 0 aliphatic heterocycles. The van der Waals surface area contributed by atoms with E-state index in [9.17, 15) is 14.9 Å². The summed E-state index contributed by atoms with van der Waals surface area (Å²) < 4.78 is 15.3. The molecule has 25 heavy (non-hydrogen) atoms. The summed E-state index contributed by atoms with van der Waals surface area (Å²) in [5.74, 6) is -0.260. The number of nitro groups is 1. The Balaban J connectivity index is 2.91. The normalized spacial score (nSPS) is 12.4. The molecule has 3 N–H and O–H groups in total. The van der Waals surface area contributed by atoms with Gasteiger partial charge in [0.05, 0.1) is 30.8 Å². The summed E-state index contributed by atoms with van der Waals surface area (Å²) >= 11 is 0. The quantitative estimate of drug-likeness (QED) is 0.248. The van der Waals surface area contributed by atoms with Crippen molar-refractivity contribution in [3.05, 3.63) is 27.8 Å². The first-order valence-electron chi connectivity index (χ1n) is 7.36. The molecule has 0 aromatic heterocycles. The Morgan fingerprint density at radius 2 is 1.80 bits per heavy atom. The van der Waals surface area contributed by atoms with Crippen LogP contribution < -0.4 is 9.47 Å². The number of carbonyl (C=O) groups excluding carboxylic acids is 1. The van der Waals surface area contributed by atoms with Gasteiger partial charge in [0, 0.05) is 12.5 Å². The SMILES string of the molecule is COc1cc(C(C)OC(=O)CCC[Si](O)(O)O)c([N+](=O)[O-])cc1OC. The maximum absolute atomic E-state index is 11.8. The highest BCUT2D eigenvalue weighted by molar-refractivity contribution is 6.56. The Morgan fingerprint density at radius 3 is 2.28 bits per heavy atom. The average Bonchev–Trinajstić information content (AvgIpc) is 2.51. The molecule has 0 fully saturated rings. The zero-order chi connectivity index (χ0) is 19.2. The van der Waals surface area contributed by atoms with Crippen LogP contribution in [0, 0.1) is 10.1 Å². The summed E-state index contributed by atoms with van der Waals surface area (Å²) in [4.78, 5) is 49.1. The minimum atomic E-state index is -4.20. The van der Waals surface area contributed by atoms with E-state index in [-0.39, 0.29) is 41.6 Å². The van der Waals surface area contributed by atoms with Crippen molar-refractivity contribution in [1.82, 2.24) is 0 Å². The van der Waals surface area contributed by atoms with E-state index in [0.29, 0.717) is 0 Å². The monoisotopic (exact) mass is 375 g/mol. The largest absolute Gasteiger partial charge is 0.493 e. The van der Waals surface area contributed by atoms with Crippen LogP contribution in [0.15, 0.2) is 12.1 Å². The van der Waals surface area contributed by atoms with Gasteiger partial charge in [-0.05, 0) is 19.4 Å². The van der Waals surface area contributed by atoms with Crippen molar-refractivity contribution >= 4 is 20.5 Å². The van der Waals surface area contributed by atoms with E-state index in [0.717, 1.165) is 0 Å². The molecule has 11 heteroatoms. The van der Waals surface area contributed by atoms with Gasteiger partial charge >= 0.3 is 14.8 Å². The number of carbonyl (C=O) groups is 1. The molecule has 0 spiro atoms. The lowest BCUT2D eigenvalue weighted by Crippen LogP contribution is -2.34. The molecule has 0 aliphatic rings. The topological polar surface area (TPSA) is 149 Å². The van der Waals surface area contributed by atoms with Crippen molar-refractivity contribution < 1.29 is 38.3 Å². The second kappa shape index (κ2) is 8.76. The molecule has 0 bridgehead atoms. The highest BCUT2D eigenvalue weighted by atomic mass is 28.4. The molecule has 1 aromatic rings. The summed E-state index contributed by atoms with van der Waals surface area (Å²) in [5, 5.41) is 11.3. The molecule has 0 heterocycles. The maximum atomic E-state index is 11.8. The summed E-state index contributed by atoms with van der Waals surface area (Å²) in [6.07, 6.45) is -1.08. The number of rotatable bonds is 9. The van der Waals surface area contributed by atoms with Crippen LogP contribution in [0.3, 0.4) is 0 Å². The Bertz CT molecular complexity index is 629. The predicted octanol–water partition coefficient (Wildman–Crippen LogP) is 0.912. The van der Waals surface area contributed by atoms with Crippen LogP contribution in [0.25, 0.3) is 0 Å². The lowest BCUT2D eigenvalue weighted by molar-refractivity contribution is -0.386. The van der Waals surface area contributed by atoms with Crippen molar-refractivity contribution in [3.63, 3.8) is 0 Å². The van der Waals surface area contributed by atoms with E-state index in [1.54, 1.807) is 0 Å². The van der Waals surface area contributed by atoms with E-state index < -0.39 is 25.8 Å². The first kappa shape index (κ1) is 20.8. The van der Waals surface area contributed by atoms with Gasteiger partial charge in [0.25, 0.3) is 5.69 Å².